The first-order valence-corrected chi connectivity index (χ1v) is 12.7. The van der Waals surface area contributed by atoms with Crippen LogP contribution in [0.3, 0.4) is 0 Å². The van der Waals surface area contributed by atoms with E-state index in [4.69, 9.17) is 0 Å². The molecule has 0 saturated carbocycles. The van der Waals surface area contributed by atoms with Gasteiger partial charge in [0.05, 0.1) is 27.8 Å². The van der Waals surface area contributed by atoms with Crippen LogP contribution in [0.1, 0.15) is 27.8 Å². The Labute approximate surface area is 222 Å². The van der Waals surface area contributed by atoms with Crippen LogP contribution in [0, 0.1) is 43.4 Å². The molecule has 0 aliphatic rings. The van der Waals surface area contributed by atoms with E-state index in [9.17, 15) is 10.5 Å². The average Bonchev–Trinajstić information content (AvgIpc) is 3.29. The molecule has 0 fully saturated rings. The highest BCUT2D eigenvalue weighted by Crippen LogP contribution is 2.40. The highest BCUT2D eigenvalue weighted by atomic mass is 15.0. The van der Waals surface area contributed by atoms with Gasteiger partial charge in [0.25, 0.3) is 0 Å². The van der Waals surface area contributed by atoms with Crippen molar-refractivity contribution in [3.63, 3.8) is 0 Å². The first-order valence-electron chi connectivity index (χ1n) is 12.7. The molecule has 3 nitrogen and oxygen atoms in total. The van der Waals surface area contributed by atoms with Gasteiger partial charge in [0.1, 0.15) is 12.1 Å². The molecule has 0 radical (unpaired) electrons. The molecule has 0 amide bonds. The van der Waals surface area contributed by atoms with E-state index in [2.05, 4.69) is 77.4 Å². The monoisotopic (exact) mass is 487 g/mol. The smallest absolute Gasteiger partial charge is 0.102 e. The molecule has 0 aliphatic carbocycles. The van der Waals surface area contributed by atoms with Crippen LogP contribution in [0.4, 0.5) is 0 Å². The van der Waals surface area contributed by atoms with Gasteiger partial charge in [0.2, 0.25) is 0 Å². The number of nitriles is 2. The van der Waals surface area contributed by atoms with Gasteiger partial charge in [0, 0.05) is 10.8 Å². The van der Waals surface area contributed by atoms with E-state index in [0.717, 1.165) is 60.8 Å². The van der Waals surface area contributed by atoms with Gasteiger partial charge in [0.15, 0.2) is 0 Å². The summed E-state index contributed by atoms with van der Waals surface area (Å²) in [6.07, 6.45) is 0. The molecular weight excluding hydrogens is 462 g/mol. The molecule has 38 heavy (non-hydrogen) atoms. The second kappa shape index (κ2) is 9.07. The Morgan fingerprint density at radius 1 is 0.500 bits per heavy atom. The summed E-state index contributed by atoms with van der Waals surface area (Å²) in [5.74, 6) is 0. The molecule has 180 valence electrons. The summed E-state index contributed by atoms with van der Waals surface area (Å²) in [5, 5.41) is 22.8. The molecule has 0 unspecified atom stereocenters. The Bertz CT molecular complexity index is 1810. The maximum Gasteiger partial charge on any atom is 0.102 e. The minimum Gasteiger partial charge on any atom is -0.307 e. The van der Waals surface area contributed by atoms with E-state index in [1.807, 2.05) is 57.2 Å². The number of fused-ring (bicyclic) bond motifs is 3. The zero-order chi connectivity index (χ0) is 26.4. The van der Waals surface area contributed by atoms with Crippen molar-refractivity contribution in [2.75, 3.05) is 0 Å². The molecule has 1 aromatic heterocycles. The SMILES string of the molecule is Cc1c(C)c(C#N)c(-n2c3ccc(-c4ccccc4)cc3c3cc(-c4ccccc4)ccc32)c(C#N)c1C. The Morgan fingerprint density at radius 3 is 1.32 bits per heavy atom. The summed E-state index contributed by atoms with van der Waals surface area (Å²) in [6.45, 7) is 5.93. The minimum atomic E-state index is 0.544. The molecule has 0 N–H and O–H groups in total. The summed E-state index contributed by atoms with van der Waals surface area (Å²) in [7, 11) is 0. The molecule has 0 bridgehead atoms. The van der Waals surface area contributed by atoms with Crippen LogP contribution < -0.4 is 0 Å². The van der Waals surface area contributed by atoms with Gasteiger partial charge in [-0.1, -0.05) is 72.8 Å². The zero-order valence-corrected chi connectivity index (χ0v) is 21.6. The van der Waals surface area contributed by atoms with Crippen molar-refractivity contribution in [2.45, 2.75) is 20.8 Å². The van der Waals surface area contributed by atoms with Crippen molar-refractivity contribution >= 4 is 21.8 Å². The third-order valence-corrected chi connectivity index (χ3v) is 7.78. The predicted octanol–water partition coefficient (Wildman–Crippen LogP) is 8.79. The molecule has 6 rings (SSSR count). The Hall–Kier alpha value is -5.12. The second-order valence-electron chi connectivity index (χ2n) is 9.73. The second-order valence-corrected chi connectivity index (χ2v) is 9.73. The van der Waals surface area contributed by atoms with Gasteiger partial charge in [-0.3, -0.25) is 0 Å². The quantitative estimate of drug-likeness (QED) is 0.250. The summed E-state index contributed by atoms with van der Waals surface area (Å²) in [6, 6.07) is 38.5. The Balaban J connectivity index is 1.77. The van der Waals surface area contributed by atoms with Gasteiger partial charge in [-0.2, -0.15) is 10.5 Å². The molecule has 3 heteroatoms. The number of nitrogens with zero attached hydrogens (tertiary/aromatic N) is 3. The highest BCUT2D eigenvalue weighted by Gasteiger charge is 2.23. The van der Waals surface area contributed by atoms with Gasteiger partial charge in [-0.25, -0.2) is 0 Å². The van der Waals surface area contributed by atoms with Crippen molar-refractivity contribution in [1.29, 1.82) is 10.5 Å². The van der Waals surface area contributed by atoms with Gasteiger partial charge >= 0.3 is 0 Å². The molecule has 0 aliphatic heterocycles. The molecule has 6 aromatic rings. The van der Waals surface area contributed by atoms with Crippen molar-refractivity contribution in [2.24, 2.45) is 0 Å². The van der Waals surface area contributed by atoms with E-state index in [1.54, 1.807) is 0 Å². The largest absolute Gasteiger partial charge is 0.307 e. The minimum absolute atomic E-state index is 0.544. The molecule has 5 aromatic carbocycles. The normalized spacial score (nSPS) is 11.0. The van der Waals surface area contributed by atoms with Gasteiger partial charge in [-0.05, 0) is 84.0 Å². The third kappa shape index (κ3) is 3.49. The van der Waals surface area contributed by atoms with Crippen LogP contribution >= 0.6 is 0 Å². The maximum atomic E-state index is 10.3. The first kappa shape index (κ1) is 23.3. The van der Waals surface area contributed by atoms with Crippen LogP contribution in [0.15, 0.2) is 97.1 Å². The topological polar surface area (TPSA) is 52.5 Å². The lowest BCUT2D eigenvalue weighted by atomic mass is 9.92. The lowest BCUT2D eigenvalue weighted by Crippen LogP contribution is -2.07. The fraction of sp³-hybridized carbons (Fsp3) is 0.0857. The Kier molecular flexibility index (Phi) is 5.56. The van der Waals surface area contributed by atoms with Crippen LogP contribution in [0.5, 0.6) is 0 Å². The molecule has 0 spiro atoms. The van der Waals surface area contributed by atoms with E-state index < -0.39 is 0 Å². The van der Waals surface area contributed by atoms with E-state index >= 15 is 0 Å². The van der Waals surface area contributed by atoms with Crippen LogP contribution in [-0.4, -0.2) is 4.57 Å². The molecule has 0 saturated heterocycles. The summed E-state index contributed by atoms with van der Waals surface area (Å²) >= 11 is 0. The number of benzene rings is 5. The van der Waals surface area contributed by atoms with Crippen LogP contribution in [-0.2, 0) is 0 Å². The van der Waals surface area contributed by atoms with E-state index in [1.165, 1.54) is 0 Å². The van der Waals surface area contributed by atoms with Crippen LogP contribution in [0.2, 0.25) is 0 Å². The number of rotatable bonds is 3. The van der Waals surface area contributed by atoms with Crippen molar-refractivity contribution in [3.05, 3.63) is 125 Å². The lowest BCUT2D eigenvalue weighted by Gasteiger charge is -2.18. The maximum absolute atomic E-state index is 10.3. The molecule has 1 heterocycles. The standard InChI is InChI=1S/C35H25N3/c1-22-23(2)31(20-36)35(32(21-37)24(22)3)38-33-16-14-27(25-10-6-4-7-11-25)18-29(33)30-19-28(15-17-34(30)38)26-12-8-5-9-13-26/h4-19H,1-3H3. The number of hydrogen-bond acceptors (Lipinski definition) is 2. The third-order valence-electron chi connectivity index (χ3n) is 7.78. The van der Waals surface area contributed by atoms with Crippen molar-refractivity contribution in [1.82, 2.24) is 4.57 Å². The number of aromatic nitrogens is 1. The summed E-state index contributed by atoms with van der Waals surface area (Å²) < 4.78 is 2.12. The fourth-order valence-corrected chi connectivity index (χ4v) is 5.52. The first-order chi connectivity index (χ1) is 18.5. The highest BCUT2D eigenvalue weighted by molar-refractivity contribution is 6.12. The zero-order valence-electron chi connectivity index (χ0n) is 21.6. The van der Waals surface area contributed by atoms with E-state index in [0.29, 0.717) is 16.8 Å². The van der Waals surface area contributed by atoms with E-state index in [-0.39, 0.29) is 0 Å². The Morgan fingerprint density at radius 2 is 0.921 bits per heavy atom. The molecule has 0 atom stereocenters. The van der Waals surface area contributed by atoms with Gasteiger partial charge in [-0.15, -0.1) is 0 Å². The van der Waals surface area contributed by atoms with Crippen molar-refractivity contribution < 1.29 is 0 Å². The van der Waals surface area contributed by atoms with Crippen LogP contribution in [0.25, 0.3) is 49.7 Å². The predicted molar refractivity (Wildman–Crippen MR) is 155 cm³/mol. The fourth-order valence-electron chi connectivity index (χ4n) is 5.52. The number of hydrogen-bond donors (Lipinski definition) is 0. The summed E-state index contributed by atoms with van der Waals surface area (Å²) in [4.78, 5) is 0. The van der Waals surface area contributed by atoms with Crippen molar-refractivity contribution in [3.8, 4) is 40.1 Å². The lowest BCUT2D eigenvalue weighted by molar-refractivity contribution is 1.11. The average molecular weight is 488 g/mol. The summed E-state index contributed by atoms with van der Waals surface area (Å²) in [5.41, 5.74) is 11.0. The van der Waals surface area contributed by atoms with Gasteiger partial charge < -0.3 is 4.57 Å². The molecular formula is C35H25N3.